The summed E-state index contributed by atoms with van der Waals surface area (Å²) >= 11 is 0. The molecule has 1 saturated carbocycles. The predicted molar refractivity (Wildman–Crippen MR) is 48.9 cm³/mol. The summed E-state index contributed by atoms with van der Waals surface area (Å²) in [4.78, 5) is 0. The SMILES string of the molecule is NCC1(CC2CO2)CCCCC1. The van der Waals surface area contributed by atoms with Gasteiger partial charge in [-0.1, -0.05) is 19.3 Å². The molecule has 0 radical (unpaired) electrons. The summed E-state index contributed by atoms with van der Waals surface area (Å²) in [5.41, 5.74) is 6.32. The zero-order chi connectivity index (χ0) is 8.44. The Kier molecular flexibility index (Phi) is 2.37. The Morgan fingerprint density at radius 1 is 1.25 bits per heavy atom. The number of ether oxygens (including phenoxy) is 1. The summed E-state index contributed by atoms with van der Waals surface area (Å²) in [7, 11) is 0. The van der Waals surface area contributed by atoms with Gasteiger partial charge in [-0.25, -0.2) is 0 Å². The van der Waals surface area contributed by atoms with E-state index in [-0.39, 0.29) is 0 Å². The molecule has 12 heavy (non-hydrogen) atoms. The van der Waals surface area contributed by atoms with Gasteiger partial charge in [-0.15, -0.1) is 0 Å². The van der Waals surface area contributed by atoms with Crippen molar-refractivity contribution in [1.82, 2.24) is 0 Å². The third kappa shape index (κ3) is 1.80. The molecule has 0 aromatic rings. The lowest BCUT2D eigenvalue weighted by atomic mass is 9.71. The van der Waals surface area contributed by atoms with E-state index < -0.39 is 0 Å². The predicted octanol–water partition coefficient (Wildman–Crippen LogP) is 1.68. The zero-order valence-corrected chi connectivity index (χ0v) is 7.72. The average Bonchev–Trinajstić information content (AvgIpc) is 2.90. The first kappa shape index (κ1) is 8.52. The molecule has 0 amide bonds. The highest BCUT2D eigenvalue weighted by atomic mass is 16.6. The summed E-state index contributed by atoms with van der Waals surface area (Å²) in [5.74, 6) is 0. The summed E-state index contributed by atoms with van der Waals surface area (Å²) in [6, 6.07) is 0. The van der Waals surface area contributed by atoms with Gasteiger partial charge in [-0.3, -0.25) is 0 Å². The van der Waals surface area contributed by atoms with Crippen LogP contribution in [0.3, 0.4) is 0 Å². The number of epoxide rings is 1. The Morgan fingerprint density at radius 2 is 1.92 bits per heavy atom. The third-order valence-electron chi connectivity index (χ3n) is 3.41. The van der Waals surface area contributed by atoms with Crippen LogP contribution in [0.25, 0.3) is 0 Å². The summed E-state index contributed by atoms with van der Waals surface area (Å²) < 4.78 is 5.28. The lowest BCUT2D eigenvalue weighted by molar-refractivity contribution is 0.163. The van der Waals surface area contributed by atoms with Gasteiger partial charge < -0.3 is 10.5 Å². The summed E-state index contributed by atoms with van der Waals surface area (Å²) in [5, 5.41) is 0. The highest BCUT2D eigenvalue weighted by Gasteiger charge is 2.37. The molecule has 1 aliphatic carbocycles. The normalized spacial score (nSPS) is 33.2. The fraction of sp³-hybridized carbons (Fsp3) is 1.00. The lowest BCUT2D eigenvalue weighted by Gasteiger charge is -2.35. The van der Waals surface area contributed by atoms with Crippen molar-refractivity contribution in [2.45, 2.75) is 44.6 Å². The summed E-state index contributed by atoms with van der Waals surface area (Å²) in [6.45, 7) is 1.86. The molecule has 1 aliphatic heterocycles. The second-order valence-corrected chi connectivity index (χ2v) is 4.42. The minimum Gasteiger partial charge on any atom is -0.373 e. The van der Waals surface area contributed by atoms with Crippen molar-refractivity contribution in [1.29, 1.82) is 0 Å². The highest BCUT2D eigenvalue weighted by Crippen LogP contribution is 2.41. The van der Waals surface area contributed by atoms with Crippen LogP contribution in [-0.4, -0.2) is 19.3 Å². The van der Waals surface area contributed by atoms with E-state index in [0.717, 1.165) is 13.2 Å². The smallest absolute Gasteiger partial charge is 0.0815 e. The molecule has 2 heteroatoms. The fourth-order valence-electron chi connectivity index (χ4n) is 2.46. The first-order valence-electron chi connectivity index (χ1n) is 5.16. The van der Waals surface area contributed by atoms with Gasteiger partial charge in [0.15, 0.2) is 0 Å². The fourth-order valence-corrected chi connectivity index (χ4v) is 2.46. The molecule has 1 heterocycles. The Bertz CT molecular complexity index is 148. The molecule has 70 valence electrons. The van der Waals surface area contributed by atoms with Crippen molar-refractivity contribution in [2.24, 2.45) is 11.1 Å². The number of hydrogen-bond acceptors (Lipinski definition) is 2. The molecule has 1 atom stereocenters. The van der Waals surface area contributed by atoms with Crippen LogP contribution in [0.4, 0.5) is 0 Å². The Labute approximate surface area is 74.5 Å². The van der Waals surface area contributed by atoms with E-state index in [0.29, 0.717) is 11.5 Å². The first-order valence-corrected chi connectivity index (χ1v) is 5.16. The van der Waals surface area contributed by atoms with Gasteiger partial charge in [0.2, 0.25) is 0 Å². The van der Waals surface area contributed by atoms with Crippen molar-refractivity contribution < 1.29 is 4.74 Å². The van der Waals surface area contributed by atoms with E-state index in [4.69, 9.17) is 10.5 Å². The standard InChI is InChI=1S/C10H19NO/c11-8-10(6-9-7-12-9)4-2-1-3-5-10/h9H,1-8,11H2. The lowest BCUT2D eigenvalue weighted by Crippen LogP contribution is -2.34. The van der Waals surface area contributed by atoms with Crippen LogP contribution in [0, 0.1) is 5.41 Å². The number of nitrogens with two attached hydrogens (primary N) is 1. The molecular weight excluding hydrogens is 150 g/mol. The third-order valence-corrected chi connectivity index (χ3v) is 3.41. The topological polar surface area (TPSA) is 38.5 Å². The van der Waals surface area contributed by atoms with Gasteiger partial charge >= 0.3 is 0 Å². The molecule has 2 N–H and O–H groups in total. The van der Waals surface area contributed by atoms with Crippen LogP contribution in [0.1, 0.15) is 38.5 Å². The minimum absolute atomic E-state index is 0.458. The van der Waals surface area contributed by atoms with Crippen LogP contribution >= 0.6 is 0 Å². The monoisotopic (exact) mass is 169 g/mol. The Hall–Kier alpha value is -0.0800. The maximum atomic E-state index is 5.86. The second kappa shape index (κ2) is 3.35. The maximum Gasteiger partial charge on any atom is 0.0815 e. The Morgan fingerprint density at radius 3 is 2.42 bits per heavy atom. The largest absolute Gasteiger partial charge is 0.373 e. The van der Waals surface area contributed by atoms with Gasteiger partial charge in [0.1, 0.15) is 0 Å². The molecule has 2 rings (SSSR count). The van der Waals surface area contributed by atoms with E-state index in [2.05, 4.69) is 0 Å². The average molecular weight is 169 g/mol. The van der Waals surface area contributed by atoms with Crippen molar-refractivity contribution in [3.8, 4) is 0 Å². The molecule has 0 aromatic carbocycles. The highest BCUT2D eigenvalue weighted by molar-refractivity contribution is 4.89. The first-order chi connectivity index (χ1) is 5.85. The van der Waals surface area contributed by atoms with Crippen LogP contribution in [0.2, 0.25) is 0 Å². The van der Waals surface area contributed by atoms with Crippen molar-refractivity contribution in [3.05, 3.63) is 0 Å². The van der Waals surface area contributed by atoms with Crippen molar-refractivity contribution >= 4 is 0 Å². The molecule has 2 aliphatic rings. The van der Waals surface area contributed by atoms with Gasteiger partial charge in [-0.05, 0) is 31.2 Å². The van der Waals surface area contributed by atoms with Gasteiger partial charge in [-0.2, -0.15) is 0 Å². The molecule has 2 fully saturated rings. The van der Waals surface area contributed by atoms with E-state index >= 15 is 0 Å². The zero-order valence-electron chi connectivity index (χ0n) is 7.72. The minimum atomic E-state index is 0.458. The Balaban J connectivity index is 1.90. The van der Waals surface area contributed by atoms with E-state index in [1.807, 2.05) is 0 Å². The molecule has 0 aromatic heterocycles. The van der Waals surface area contributed by atoms with Crippen LogP contribution < -0.4 is 5.73 Å². The van der Waals surface area contributed by atoms with E-state index in [9.17, 15) is 0 Å². The molecule has 0 bridgehead atoms. The van der Waals surface area contributed by atoms with Gasteiger partial charge in [0.25, 0.3) is 0 Å². The van der Waals surface area contributed by atoms with Crippen LogP contribution in [0.5, 0.6) is 0 Å². The second-order valence-electron chi connectivity index (χ2n) is 4.42. The van der Waals surface area contributed by atoms with Crippen LogP contribution in [-0.2, 0) is 4.74 Å². The van der Waals surface area contributed by atoms with Crippen molar-refractivity contribution in [2.75, 3.05) is 13.2 Å². The molecule has 0 spiro atoms. The molecule has 2 nitrogen and oxygen atoms in total. The summed E-state index contributed by atoms with van der Waals surface area (Å²) in [6.07, 6.45) is 8.63. The van der Waals surface area contributed by atoms with Crippen LogP contribution in [0.15, 0.2) is 0 Å². The van der Waals surface area contributed by atoms with Crippen molar-refractivity contribution in [3.63, 3.8) is 0 Å². The molecule has 1 saturated heterocycles. The number of rotatable bonds is 3. The quantitative estimate of drug-likeness (QED) is 0.653. The number of hydrogen-bond donors (Lipinski definition) is 1. The maximum absolute atomic E-state index is 5.86. The van der Waals surface area contributed by atoms with Gasteiger partial charge in [0.05, 0.1) is 12.7 Å². The van der Waals surface area contributed by atoms with E-state index in [1.165, 1.54) is 38.5 Å². The molecular formula is C10H19NO. The molecule has 1 unspecified atom stereocenters. The van der Waals surface area contributed by atoms with Gasteiger partial charge in [0, 0.05) is 0 Å². The van der Waals surface area contributed by atoms with E-state index in [1.54, 1.807) is 0 Å².